The van der Waals surface area contributed by atoms with Gasteiger partial charge in [-0.3, -0.25) is 14.4 Å². The molecule has 102 valence electrons. The molecular formula is C9H15N3O6. The van der Waals surface area contributed by atoms with E-state index in [-0.39, 0.29) is 12.8 Å². The van der Waals surface area contributed by atoms with Crippen molar-refractivity contribution >= 4 is 23.8 Å². The number of nitrogens with two attached hydrogens (primary N) is 2. The second-order valence-corrected chi connectivity index (χ2v) is 3.61. The van der Waals surface area contributed by atoms with Crippen LogP contribution in [0.4, 0.5) is 0 Å². The average molecular weight is 261 g/mol. The molecule has 18 heavy (non-hydrogen) atoms. The van der Waals surface area contributed by atoms with E-state index in [2.05, 4.69) is 0 Å². The van der Waals surface area contributed by atoms with Crippen molar-refractivity contribution in [3.63, 3.8) is 0 Å². The molecule has 9 heteroatoms. The van der Waals surface area contributed by atoms with Crippen molar-refractivity contribution in [2.45, 2.75) is 31.3 Å². The molecule has 0 aromatic carbocycles. The second kappa shape index (κ2) is 7.22. The number of amides is 2. The molecular weight excluding hydrogens is 246 g/mol. The van der Waals surface area contributed by atoms with Crippen molar-refractivity contribution in [2.24, 2.45) is 11.5 Å². The van der Waals surface area contributed by atoms with Crippen molar-refractivity contribution in [2.75, 3.05) is 0 Å². The zero-order valence-corrected chi connectivity index (χ0v) is 9.46. The van der Waals surface area contributed by atoms with Crippen molar-refractivity contribution in [1.29, 1.82) is 0 Å². The number of hydrogen-bond acceptors (Lipinski definition) is 5. The van der Waals surface area contributed by atoms with Gasteiger partial charge in [-0.05, 0) is 6.42 Å². The van der Waals surface area contributed by atoms with Gasteiger partial charge in [-0.1, -0.05) is 0 Å². The highest BCUT2D eigenvalue weighted by molar-refractivity contribution is 5.89. The van der Waals surface area contributed by atoms with Gasteiger partial charge in [0.25, 0.3) is 0 Å². The first-order chi connectivity index (χ1) is 8.23. The average Bonchev–Trinajstić information content (AvgIpc) is 2.21. The van der Waals surface area contributed by atoms with Crippen LogP contribution in [0.15, 0.2) is 0 Å². The number of rotatable bonds is 8. The van der Waals surface area contributed by atoms with E-state index in [9.17, 15) is 19.2 Å². The van der Waals surface area contributed by atoms with Crippen LogP contribution in [0, 0.1) is 0 Å². The van der Waals surface area contributed by atoms with Gasteiger partial charge in [-0.25, -0.2) is 4.79 Å². The first kappa shape index (κ1) is 15.8. The fourth-order valence-corrected chi connectivity index (χ4v) is 1.10. The molecule has 1 unspecified atom stereocenters. The summed E-state index contributed by atoms with van der Waals surface area (Å²) < 4.78 is 0. The maximum atomic E-state index is 11.4. The third kappa shape index (κ3) is 6.43. The Morgan fingerprint density at radius 3 is 2.11 bits per heavy atom. The summed E-state index contributed by atoms with van der Waals surface area (Å²) in [6.45, 7) is 0. The first-order valence-electron chi connectivity index (χ1n) is 5.03. The van der Waals surface area contributed by atoms with Crippen molar-refractivity contribution in [1.82, 2.24) is 5.32 Å². The van der Waals surface area contributed by atoms with Crippen LogP contribution >= 0.6 is 0 Å². The van der Waals surface area contributed by atoms with Crippen molar-refractivity contribution in [3.05, 3.63) is 0 Å². The molecule has 0 aliphatic rings. The Morgan fingerprint density at radius 1 is 1.17 bits per heavy atom. The van der Waals surface area contributed by atoms with Crippen LogP contribution in [0.5, 0.6) is 0 Å². The molecule has 2 amide bonds. The standard InChI is InChI=1S/C9H15N3O6/c10-4(3-7(14)15)8(16)12-5(9(17)18)1-2-6(11)13/h4-5H,1-3,10H2,(H2,11,13)(H,12,16)(H,14,15)(H,17,18)/t4?,5-/m0/s1. The quantitative estimate of drug-likeness (QED) is 0.324. The Morgan fingerprint density at radius 2 is 1.72 bits per heavy atom. The lowest BCUT2D eigenvalue weighted by molar-refractivity contribution is -0.142. The van der Waals surface area contributed by atoms with E-state index in [4.69, 9.17) is 21.7 Å². The van der Waals surface area contributed by atoms with Gasteiger partial charge in [-0.15, -0.1) is 0 Å². The van der Waals surface area contributed by atoms with E-state index in [0.717, 1.165) is 0 Å². The molecule has 0 bridgehead atoms. The molecule has 7 N–H and O–H groups in total. The zero-order chi connectivity index (χ0) is 14.3. The van der Waals surface area contributed by atoms with Gasteiger partial charge in [-0.2, -0.15) is 0 Å². The number of nitrogens with one attached hydrogen (secondary N) is 1. The van der Waals surface area contributed by atoms with Gasteiger partial charge in [0.1, 0.15) is 6.04 Å². The molecule has 0 saturated carbocycles. The minimum atomic E-state index is -1.35. The number of carboxylic acid groups (broad SMARTS) is 2. The zero-order valence-electron chi connectivity index (χ0n) is 9.46. The summed E-state index contributed by atoms with van der Waals surface area (Å²) in [4.78, 5) is 42.9. The molecule has 0 aliphatic heterocycles. The first-order valence-corrected chi connectivity index (χ1v) is 5.03. The van der Waals surface area contributed by atoms with Crippen LogP contribution in [0.3, 0.4) is 0 Å². The minimum absolute atomic E-state index is 0.184. The van der Waals surface area contributed by atoms with Gasteiger partial charge in [0, 0.05) is 6.42 Å². The Kier molecular flexibility index (Phi) is 6.35. The van der Waals surface area contributed by atoms with E-state index in [0.29, 0.717) is 0 Å². The van der Waals surface area contributed by atoms with Gasteiger partial charge in [0.05, 0.1) is 12.5 Å². The summed E-state index contributed by atoms with van der Waals surface area (Å²) in [6, 6.07) is -2.68. The predicted molar refractivity (Wildman–Crippen MR) is 58.2 cm³/mol. The van der Waals surface area contributed by atoms with E-state index < -0.39 is 42.3 Å². The summed E-state index contributed by atoms with van der Waals surface area (Å²) in [5.74, 6) is -4.24. The molecule has 0 heterocycles. The molecule has 0 radical (unpaired) electrons. The largest absolute Gasteiger partial charge is 0.481 e. The summed E-state index contributed by atoms with van der Waals surface area (Å²) in [5, 5.41) is 19.2. The van der Waals surface area contributed by atoms with E-state index in [1.54, 1.807) is 0 Å². The van der Waals surface area contributed by atoms with E-state index in [1.165, 1.54) is 0 Å². The third-order valence-corrected chi connectivity index (χ3v) is 2.03. The Balaban J connectivity index is 4.40. The number of carbonyl (C=O) groups excluding carboxylic acids is 2. The van der Waals surface area contributed by atoms with Crippen LogP contribution in [0.25, 0.3) is 0 Å². The Labute approximate surface area is 102 Å². The summed E-state index contributed by atoms with van der Waals surface area (Å²) >= 11 is 0. The van der Waals surface area contributed by atoms with Gasteiger partial charge < -0.3 is 27.0 Å². The Hall–Kier alpha value is -2.16. The molecule has 0 saturated heterocycles. The lowest BCUT2D eigenvalue weighted by Gasteiger charge is -2.16. The monoisotopic (exact) mass is 261 g/mol. The number of primary amides is 1. The van der Waals surface area contributed by atoms with Crippen LogP contribution in [0.1, 0.15) is 19.3 Å². The molecule has 0 rings (SSSR count). The number of carbonyl (C=O) groups is 4. The normalized spacial score (nSPS) is 13.4. The fourth-order valence-electron chi connectivity index (χ4n) is 1.10. The number of carboxylic acids is 2. The lowest BCUT2D eigenvalue weighted by atomic mass is 10.1. The summed E-state index contributed by atoms with van der Waals surface area (Å²) in [7, 11) is 0. The smallest absolute Gasteiger partial charge is 0.326 e. The lowest BCUT2D eigenvalue weighted by Crippen LogP contribution is -2.49. The maximum absolute atomic E-state index is 11.4. The van der Waals surface area contributed by atoms with Crippen LogP contribution in [-0.2, 0) is 19.2 Å². The molecule has 9 nitrogen and oxygen atoms in total. The van der Waals surface area contributed by atoms with Crippen molar-refractivity contribution < 1.29 is 29.4 Å². The second-order valence-electron chi connectivity index (χ2n) is 3.61. The Bertz CT molecular complexity index is 356. The molecule has 0 aromatic rings. The van der Waals surface area contributed by atoms with E-state index >= 15 is 0 Å². The van der Waals surface area contributed by atoms with Gasteiger partial charge in [0.15, 0.2) is 0 Å². The highest BCUT2D eigenvalue weighted by atomic mass is 16.4. The van der Waals surface area contributed by atoms with Gasteiger partial charge in [0.2, 0.25) is 11.8 Å². The number of aliphatic carboxylic acids is 2. The van der Waals surface area contributed by atoms with Crippen LogP contribution in [-0.4, -0.2) is 46.0 Å². The van der Waals surface area contributed by atoms with Crippen LogP contribution in [0.2, 0.25) is 0 Å². The SMILES string of the molecule is NC(=O)CC[C@H](NC(=O)C(N)CC(=O)O)C(=O)O. The van der Waals surface area contributed by atoms with E-state index in [1.807, 2.05) is 5.32 Å². The highest BCUT2D eigenvalue weighted by Crippen LogP contribution is 1.99. The summed E-state index contributed by atoms with van der Waals surface area (Å²) in [5.41, 5.74) is 10.1. The fraction of sp³-hybridized carbons (Fsp3) is 0.556. The van der Waals surface area contributed by atoms with Crippen molar-refractivity contribution in [3.8, 4) is 0 Å². The molecule has 0 aromatic heterocycles. The summed E-state index contributed by atoms with van der Waals surface area (Å²) in [6.07, 6.45) is -1.02. The molecule has 0 aliphatic carbocycles. The molecule has 0 fully saturated rings. The maximum Gasteiger partial charge on any atom is 0.326 e. The molecule has 2 atom stereocenters. The van der Waals surface area contributed by atoms with Crippen LogP contribution < -0.4 is 16.8 Å². The third-order valence-electron chi connectivity index (χ3n) is 2.03. The minimum Gasteiger partial charge on any atom is -0.481 e. The topological polar surface area (TPSA) is 173 Å². The molecule has 0 spiro atoms. The van der Waals surface area contributed by atoms with Gasteiger partial charge >= 0.3 is 11.9 Å². The number of hydrogen-bond donors (Lipinski definition) is 5. The highest BCUT2D eigenvalue weighted by Gasteiger charge is 2.24. The predicted octanol–water partition coefficient (Wildman–Crippen LogP) is -2.38.